The van der Waals surface area contributed by atoms with E-state index in [0.717, 1.165) is 17.3 Å². The summed E-state index contributed by atoms with van der Waals surface area (Å²) in [5.74, 6) is 0.941. The van der Waals surface area contributed by atoms with E-state index >= 15 is 0 Å². The van der Waals surface area contributed by atoms with E-state index in [1.165, 1.54) is 0 Å². The van der Waals surface area contributed by atoms with Gasteiger partial charge in [0.05, 0.1) is 12.0 Å². The highest BCUT2D eigenvalue weighted by Crippen LogP contribution is 2.31. The summed E-state index contributed by atoms with van der Waals surface area (Å²) < 4.78 is 10.7. The van der Waals surface area contributed by atoms with Crippen LogP contribution < -0.4 is 14.8 Å². The fourth-order valence-electron chi connectivity index (χ4n) is 1.63. The lowest BCUT2D eigenvalue weighted by Gasteiger charge is -2.09. The van der Waals surface area contributed by atoms with E-state index in [2.05, 4.69) is 11.9 Å². The Hall–Kier alpha value is -2.21. The molecule has 0 unspecified atom stereocenters. The second-order valence-electron chi connectivity index (χ2n) is 3.90. The number of amidine groups is 1. The van der Waals surface area contributed by atoms with Crippen LogP contribution in [0.4, 0.5) is 0 Å². The van der Waals surface area contributed by atoms with Crippen LogP contribution in [0.1, 0.15) is 5.56 Å². The molecule has 2 N–H and O–H groups in total. The predicted octanol–water partition coefficient (Wildman–Crippen LogP) is 2.40. The molecule has 5 nitrogen and oxygen atoms in total. The molecule has 1 aromatic rings. The molecule has 0 aromatic heterocycles. The highest BCUT2D eigenvalue weighted by Gasteiger charge is 2.22. The highest BCUT2D eigenvalue weighted by atomic mass is 32.2. The van der Waals surface area contributed by atoms with Gasteiger partial charge in [-0.3, -0.25) is 10.2 Å². The molecule has 1 fully saturated rings. The third kappa shape index (κ3) is 3.21. The molecule has 0 bridgehead atoms. The molecule has 0 spiro atoms. The molecule has 0 radical (unpaired) electrons. The minimum atomic E-state index is -0.258. The van der Waals surface area contributed by atoms with Gasteiger partial charge in [-0.05, 0) is 35.5 Å². The molecule has 0 atom stereocenters. The zero-order valence-electron chi connectivity index (χ0n) is 10.9. The molecule has 0 aliphatic carbocycles. The highest BCUT2D eigenvalue weighted by molar-refractivity contribution is 8.18. The van der Waals surface area contributed by atoms with Crippen LogP contribution in [0.5, 0.6) is 11.5 Å². The summed E-state index contributed by atoms with van der Waals surface area (Å²) in [4.78, 5) is 12.0. The number of methoxy groups -OCH3 is 1. The van der Waals surface area contributed by atoms with Crippen molar-refractivity contribution in [3.05, 3.63) is 41.3 Å². The Morgan fingerprint density at radius 1 is 1.45 bits per heavy atom. The molecule has 1 heterocycles. The quantitative estimate of drug-likeness (QED) is 0.645. The standard InChI is InChI=1S/C14H14N2O3S/c1-3-6-19-10-5-4-9(7-11(10)18-2)8-12-13(17)16-14(15)20-12/h3-5,7-8H,1,6H2,2H3,(H2,15,16,17)/b12-8+. The lowest BCUT2D eigenvalue weighted by Crippen LogP contribution is -2.18. The van der Waals surface area contributed by atoms with E-state index in [1.54, 1.807) is 31.4 Å². The van der Waals surface area contributed by atoms with E-state index in [1.807, 2.05) is 6.07 Å². The van der Waals surface area contributed by atoms with Crippen molar-refractivity contribution in [1.82, 2.24) is 5.32 Å². The SMILES string of the molecule is C=CCOc1ccc(/C=C2/SC(=N)NC2=O)cc1OC. The van der Waals surface area contributed by atoms with Crippen molar-refractivity contribution in [2.45, 2.75) is 0 Å². The maximum absolute atomic E-state index is 11.5. The molecular formula is C14H14N2O3S. The minimum absolute atomic E-state index is 0.138. The Labute approximate surface area is 121 Å². The Morgan fingerprint density at radius 3 is 2.85 bits per heavy atom. The average molecular weight is 290 g/mol. The Morgan fingerprint density at radius 2 is 2.25 bits per heavy atom. The monoisotopic (exact) mass is 290 g/mol. The topological polar surface area (TPSA) is 71.4 Å². The molecule has 6 heteroatoms. The fourth-order valence-corrected chi connectivity index (χ4v) is 2.34. The number of rotatable bonds is 5. The second-order valence-corrected chi connectivity index (χ2v) is 4.96. The van der Waals surface area contributed by atoms with Gasteiger partial charge < -0.3 is 14.8 Å². The molecule has 0 saturated carbocycles. The lowest BCUT2D eigenvalue weighted by molar-refractivity contribution is -0.115. The van der Waals surface area contributed by atoms with Crippen molar-refractivity contribution >= 4 is 28.9 Å². The number of ether oxygens (including phenoxy) is 2. The molecule has 1 aromatic carbocycles. The van der Waals surface area contributed by atoms with Crippen molar-refractivity contribution < 1.29 is 14.3 Å². The summed E-state index contributed by atoms with van der Waals surface area (Å²) >= 11 is 1.10. The summed E-state index contributed by atoms with van der Waals surface area (Å²) in [6.07, 6.45) is 3.36. The number of thioether (sulfide) groups is 1. The first kappa shape index (κ1) is 14.2. The number of carbonyl (C=O) groups excluding carboxylic acids is 1. The van der Waals surface area contributed by atoms with E-state index in [0.29, 0.717) is 23.0 Å². The van der Waals surface area contributed by atoms with Crippen molar-refractivity contribution in [3.8, 4) is 11.5 Å². The third-order valence-electron chi connectivity index (χ3n) is 2.51. The molecule has 20 heavy (non-hydrogen) atoms. The largest absolute Gasteiger partial charge is 0.493 e. The minimum Gasteiger partial charge on any atom is -0.493 e. The van der Waals surface area contributed by atoms with Crippen LogP contribution in [0.2, 0.25) is 0 Å². The molecule has 104 valence electrons. The van der Waals surface area contributed by atoms with Crippen molar-refractivity contribution in [2.75, 3.05) is 13.7 Å². The van der Waals surface area contributed by atoms with Gasteiger partial charge >= 0.3 is 0 Å². The van der Waals surface area contributed by atoms with Gasteiger partial charge in [0, 0.05) is 0 Å². The van der Waals surface area contributed by atoms with Crippen LogP contribution in [0, 0.1) is 5.41 Å². The average Bonchev–Trinajstić information content (AvgIpc) is 2.75. The Kier molecular flexibility index (Phi) is 4.47. The van der Waals surface area contributed by atoms with Crippen LogP contribution >= 0.6 is 11.8 Å². The van der Waals surface area contributed by atoms with Crippen LogP contribution in [-0.2, 0) is 4.79 Å². The van der Waals surface area contributed by atoms with Crippen LogP contribution in [0.25, 0.3) is 6.08 Å². The first-order valence-corrected chi connectivity index (χ1v) is 6.67. The number of amides is 1. The van der Waals surface area contributed by atoms with Crippen molar-refractivity contribution in [3.63, 3.8) is 0 Å². The van der Waals surface area contributed by atoms with Gasteiger partial charge in [0.15, 0.2) is 16.7 Å². The lowest BCUT2D eigenvalue weighted by atomic mass is 10.2. The number of nitrogens with one attached hydrogen (secondary N) is 2. The predicted molar refractivity (Wildman–Crippen MR) is 80.1 cm³/mol. The number of hydrogen-bond donors (Lipinski definition) is 2. The van der Waals surface area contributed by atoms with Gasteiger partial charge in [-0.25, -0.2) is 0 Å². The summed E-state index contributed by atoms with van der Waals surface area (Å²) in [7, 11) is 1.56. The molecule has 2 rings (SSSR count). The van der Waals surface area contributed by atoms with Crippen LogP contribution in [0.15, 0.2) is 35.8 Å². The van der Waals surface area contributed by atoms with E-state index < -0.39 is 0 Å². The number of benzene rings is 1. The maximum Gasteiger partial charge on any atom is 0.264 e. The third-order valence-corrected chi connectivity index (χ3v) is 3.33. The number of hydrogen-bond acceptors (Lipinski definition) is 5. The van der Waals surface area contributed by atoms with Crippen LogP contribution in [-0.4, -0.2) is 24.8 Å². The zero-order chi connectivity index (χ0) is 14.5. The summed E-state index contributed by atoms with van der Waals surface area (Å²) in [6, 6.07) is 5.38. The zero-order valence-corrected chi connectivity index (χ0v) is 11.8. The fraction of sp³-hybridized carbons (Fsp3) is 0.143. The number of carbonyl (C=O) groups is 1. The first-order valence-electron chi connectivity index (χ1n) is 5.85. The van der Waals surface area contributed by atoms with Gasteiger partial charge in [0.1, 0.15) is 6.61 Å². The summed E-state index contributed by atoms with van der Waals surface area (Å²) in [5.41, 5.74) is 0.806. The normalized spacial score (nSPS) is 16.1. The van der Waals surface area contributed by atoms with Gasteiger partial charge in [0.2, 0.25) is 0 Å². The Balaban J connectivity index is 2.25. The Bertz CT molecular complexity index is 596. The van der Waals surface area contributed by atoms with Gasteiger partial charge in [0.25, 0.3) is 5.91 Å². The molecule has 1 aliphatic heterocycles. The first-order chi connectivity index (χ1) is 9.63. The summed E-state index contributed by atoms with van der Waals surface area (Å²) in [6.45, 7) is 3.99. The molecular weight excluding hydrogens is 276 g/mol. The van der Waals surface area contributed by atoms with E-state index in [9.17, 15) is 4.79 Å². The van der Waals surface area contributed by atoms with Crippen LogP contribution in [0.3, 0.4) is 0 Å². The molecule has 1 aliphatic rings. The van der Waals surface area contributed by atoms with Crippen molar-refractivity contribution in [1.29, 1.82) is 5.41 Å². The molecule has 1 saturated heterocycles. The van der Waals surface area contributed by atoms with Crippen molar-refractivity contribution in [2.24, 2.45) is 0 Å². The van der Waals surface area contributed by atoms with E-state index in [4.69, 9.17) is 14.9 Å². The van der Waals surface area contributed by atoms with Gasteiger partial charge in [-0.15, -0.1) is 0 Å². The van der Waals surface area contributed by atoms with Gasteiger partial charge in [-0.1, -0.05) is 18.7 Å². The second kappa shape index (κ2) is 6.29. The van der Waals surface area contributed by atoms with Gasteiger partial charge in [-0.2, -0.15) is 0 Å². The maximum atomic E-state index is 11.5. The summed E-state index contributed by atoms with van der Waals surface area (Å²) in [5, 5.41) is 9.97. The smallest absolute Gasteiger partial charge is 0.264 e. The van der Waals surface area contributed by atoms with E-state index in [-0.39, 0.29) is 11.1 Å². The molecule has 1 amide bonds.